The number of hydrogen-bond acceptors (Lipinski definition) is 6. The second-order valence-corrected chi connectivity index (χ2v) is 11.4. The highest BCUT2D eigenvalue weighted by Crippen LogP contribution is 2.43. The molecule has 3 heterocycles. The van der Waals surface area contributed by atoms with Gasteiger partial charge in [0.15, 0.2) is 0 Å². The zero-order chi connectivity index (χ0) is 29.4. The Labute approximate surface area is 243 Å². The number of primary amides is 1. The number of hydrogen-bond donors (Lipinski definition) is 3. The van der Waals surface area contributed by atoms with Crippen LogP contribution >= 0.6 is 0 Å². The Kier molecular flexibility index (Phi) is 7.83. The molecule has 2 aliphatic rings. The van der Waals surface area contributed by atoms with Gasteiger partial charge in [-0.3, -0.25) is 9.89 Å². The molecule has 0 aliphatic carbocycles. The molecule has 1 amide bonds. The van der Waals surface area contributed by atoms with E-state index in [1.54, 1.807) is 0 Å². The molecule has 0 bridgehead atoms. The van der Waals surface area contributed by atoms with E-state index in [4.69, 9.17) is 15.6 Å². The molecule has 2 fully saturated rings. The Bertz CT molecular complexity index is 1590. The van der Waals surface area contributed by atoms with Crippen LogP contribution in [0.25, 0.3) is 22.2 Å². The first-order chi connectivity index (χ1) is 20.3. The molecule has 0 spiro atoms. The first-order valence-corrected chi connectivity index (χ1v) is 14.5. The molecule has 42 heavy (non-hydrogen) atoms. The number of anilines is 2. The SMILES string of the molecule is CC(c1cc(F)cc(F)c1)c1ccc2[nH]nc(-c3c(N4CCN(C)CC4)ccc(C(N)=O)c3NC3CCOCC3)c2c1. The number of carbonyl (C=O) groups excluding carboxylic acids is 1. The van der Waals surface area contributed by atoms with Crippen LogP contribution in [0.5, 0.6) is 0 Å². The molecular weight excluding hydrogens is 538 g/mol. The molecular formula is C32H36F2N6O2. The number of nitrogens with two attached hydrogens (primary N) is 1. The van der Waals surface area contributed by atoms with E-state index < -0.39 is 17.5 Å². The van der Waals surface area contributed by atoms with Crippen LogP contribution in [0.1, 0.15) is 47.2 Å². The van der Waals surface area contributed by atoms with Gasteiger partial charge in [0.25, 0.3) is 5.91 Å². The Morgan fingerprint density at radius 1 is 1.02 bits per heavy atom. The fourth-order valence-electron chi connectivity index (χ4n) is 6.05. The highest BCUT2D eigenvalue weighted by Gasteiger charge is 2.28. The molecule has 1 atom stereocenters. The van der Waals surface area contributed by atoms with Gasteiger partial charge in [-0.25, -0.2) is 8.78 Å². The molecule has 0 radical (unpaired) electrons. The van der Waals surface area contributed by atoms with Crippen molar-refractivity contribution in [2.75, 3.05) is 56.7 Å². The Morgan fingerprint density at radius 3 is 2.43 bits per heavy atom. The fourth-order valence-corrected chi connectivity index (χ4v) is 6.05. The minimum absolute atomic E-state index is 0.113. The molecule has 1 aromatic heterocycles. The predicted octanol–water partition coefficient (Wildman–Crippen LogP) is 5.10. The predicted molar refractivity (Wildman–Crippen MR) is 161 cm³/mol. The largest absolute Gasteiger partial charge is 0.381 e. The van der Waals surface area contributed by atoms with Crippen LogP contribution < -0.4 is 16.0 Å². The second-order valence-electron chi connectivity index (χ2n) is 11.4. The molecule has 3 aromatic carbocycles. The maximum Gasteiger partial charge on any atom is 0.250 e. The molecule has 0 saturated carbocycles. The summed E-state index contributed by atoms with van der Waals surface area (Å²) in [6.45, 7) is 6.68. The van der Waals surface area contributed by atoms with Crippen molar-refractivity contribution >= 4 is 28.2 Å². The van der Waals surface area contributed by atoms with Crippen molar-refractivity contribution in [2.45, 2.75) is 31.7 Å². The van der Waals surface area contributed by atoms with Crippen LogP contribution in [-0.2, 0) is 4.74 Å². The number of likely N-dealkylation sites (N-methyl/N-ethyl adjacent to an activating group) is 1. The van der Waals surface area contributed by atoms with Crippen molar-refractivity contribution in [1.82, 2.24) is 15.1 Å². The average Bonchev–Trinajstić information content (AvgIpc) is 3.40. The number of rotatable bonds is 7. The van der Waals surface area contributed by atoms with Gasteiger partial charge in [0, 0.05) is 68.5 Å². The summed E-state index contributed by atoms with van der Waals surface area (Å²) in [5, 5.41) is 12.5. The van der Waals surface area contributed by atoms with Crippen molar-refractivity contribution in [2.24, 2.45) is 5.73 Å². The van der Waals surface area contributed by atoms with Crippen molar-refractivity contribution in [3.63, 3.8) is 0 Å². The van der Waals surface area contributed by atoms with Crippen LogP contribution in [0.15, 0.2) is 48.5 Å². The minimum Gasteiger partial charge on any atom is -0.381 e. The van der Waals surface area contributed by atoms with E-state index >= 15 is 0 Å². The summed E-state index contributed by atoms with van der Waals surface area (Å²) in [5.74, 6) is -1.99. The Hall–Kier alpha value is -4.02. The maximum atomic E-state index is 14.1. The summed E-state index contributed by atoms with van der Waals surface area (Å²) in [6.07, 6.45) is 1.62. The lowest BCUT2D eigenvalue weighted by atomic mass is 9.91. The maximum absolute atomic E-state index is 14.1. The number of fused-ring (bicyclic) bond motifs is 1. The van der Waals surface area contributed by atoms with Gasteiger partial charge in [-0.1, -0.05) is 13.0 Å². The number of halogens is 2. The quantitative estimate of drug-likeness (QED) is 0.284. The first kappa shape index (κ1) is 28.1. The average molecular weight is 575 g/mol. The van der Waals surface area contributed by atoms with Crippen molar-refractivity contribution < 1.29 is 18.3 Å². The standard InChI is InChI=1S/C32H36F2N6O2/c1-19(21-15-22(33)18-23(34)16-21)20-3-5-27-26(17-20)31(38-37-27)29-28(40-11-9-39(2)10-12-40)6-4-25(32(35)41)30(29)36-24-7-13-42-14-8-24/h3-6,15-19,24,36H,7-14H2,1-2H3,(H2,35,41)(H,37,38). The molecule has 2 saturated heterocycles. The summed E-state index contributed by atoms with van der Waals surface area (Å²) in [5.41, 5.74) is 11.8. The molecule has 6 rings (SSSR count). The van der Waals surface area contributed by atoms with Crippen LogP contribution in [-0.4, -0.2) is 73.5 Å². The number of piperazine rings is 1. The van der Waals surface area contributed by atoms with Crippen LogP contribution in [0, 0.1) is 11.6 Å². The molecule has 2 aliphatic heterocycles. The summed E-state index contributed by atoms with van der Waals surface area (Å²) >= 11 is 0. The zero-order valence-corrected chi connectivity index (χ0v) is 23.9. The molecule has 8 nitrogen and oxygen atoms in total. The number of amides is 1. The van der Waals surface area contributed by atoms with E-state index in [9.17, 15) is 13.6 Å². The molecule has 220 valence electrons. The third-order valence-corrected chi connectivity index (χ3v) is 8.57. The van der Waals surface area contributed by atoms with Crippen molar-refractivity contribution in [1.29, 1.82) is 0 Å². The number of nitrogens with zero attached hydrogens (tertiary/aromatic N) is 3. The van der Waals surface area contributed by atoms with Crippen LogP contribution in [0.4, 0.5) is 20.2 Å². The topological polar surface area (TPSA) is 99.5 Å². The summed E-state index contributed by atoms with van der Waals surface area (Å²) in [7, 11) is 2.11. The summed E-state index contributed by atoms with van der Waals surface area (Å²) < 4.78 is 33.7. The van der Waals surface area contributed by atoms with Gasteiger partial charge in [0.05, 0.1) is 22.3 Å². The lowest BCUT2D eigenvalue weighted by Crippen LogP contribution is -2.44. The highest BCUT2D eigenvalue weighted by atomic mass is 19.1. The summed E-state index contributed by atoms with van der Waals surface area (Å²) in [4.78, 5) is 17.4. The van der Waals surface area contributed by atoms with Crippen LogP contribution in [0.3, 0.4) is 0 Å². The van der Waals surface area contributed by atoms with Crippen molar-refractivity contribution in [3.05, 3.63) is 76.9 Å². The van der Waals surface area contributed by atoms with E-state index in [0.717, 1.165) is 72.8 Å². The Morgan fingerprint density at radius 2 is 1.74 bits per heavy atom. The number of aromatic amines is 1. The smallest absolute Gasteiger partial charge is 0.250 e. The fraction of sp³-hybridized carbons (Fsp3) is 0.375. The molecule has 10 heteroatoms. The van der Waals surface area contributed by atoms with E-state index in [1.807, 2.05) is 37.3 Å². The lowest BCUT2D eigenvalue weighted by molar-refractivity contribution is 0.0904. The second kappa shape index (κ2) is 11.7. The molecule has 4 N–H and O–H groups in total. The van der Waals surface area contributed by atoms with Gasteiger partial charge in [0.2, 0.25) is 0 Å². The first-order valence-electron chi connectivity index (χ1n) is 14.5. The van der Waals surface area contributed by atoms with E-state index in [0.29, 0.717) is 35.7 Å². The lowest BCUT2D eigenvalue weighted by Gasteiger charge is -2.36. The van der Waals surface area contributed by atoms with Gasteiger partial charge in [-0.2, -0.15) is 5.10 Å². The highest BCUT2D eigenvalue weighted by molar-refractivity contribution is 6.08. The van der Waals surface area contributed by atoms with Gasteiger partial charge in [0.1, 0.15) is 17.3 Å². The van der Waals surface area contributed by atoms with Gasteiger partial charge < -0.3 is 25.6 Å². The van der Waals surface area contributed by atoms with Crippen LogP contribution in [0.2, 0.25) is 0 Å². The number of nitrogens with one attached hydrogen (secondary N) is 2. The van der Waals surface area contributed by atoms with E-state index in [-0.39, 0.29) is 12.0 Å². The zero-order valence-electron chi connectivity index (χ0n) is 23.9. The number of benzene rings is 3. The molecule has 4 aromatic rings. The molecule has 1 unspecified atom stereocenters. The van der Waals surface area contributed by atoms with Crippen molar-refractivity contribution in [3.8, 4) is 11.3 Å². The monoisotopic (exact) mass is 574 g/mol. The third kappa shape index (κ3) is 5.56. The Balaban J connectivity index is 1.52. The number of ether oxygens (including phenoxy) is 1. The minimum atomic E-state index is -0.606. The van der Waals surface area contributed by atoms with Gasteiger partial charge in [-0.05, 0) is 67.4 Å². The number of aromatic nitrogens is 2. The number of carbonyl (C=O) groups is 1. The van der Waals surface area contributed by atoms with E-state index in [2.05, 4.69) is 27.3 Å². The number of H-pyrrole nitrogens is 1. The third-order valence-electron chi connectivity index (χ3n) is 8.57. The van der Waals surface area contributed by atoms with Gasteiger partial charge >= 0.3 is 0 Å². The summed E-state index contributed by atoms with van der Waals surface area (Å²) in [6, 6.07) is 13.4. The van der Waals surface area contributed by atoms with Gasteiger partial charge in [-0.15, -0.1) is 0 Å². The van der Waals surface area contributed by atoms with E-state index in [1.165, 1.54) is 12.1 Å². The normalized spacial score (nSPS) is 17.5.